The molecule has 1 amide bonds. The van der Waals surface area contributed by atoms with E-state index in [2.05, 4.69) is 4.85 Å². The molecule has 1 atom stereocenters. The Kier molecular flexibility index (Phi) is 9.85. The predicted molar refractivity (Wildman–Crippen MR) is 145 cm³/mol. The van der Waals surface area contributed by atoms with Crippen LogP contribution in [0.3, 0.4) is 0 Å². The smallest absolute Gasteiger partial charge is 0.328 e. The molecule has 0 aliphatic heterocycles. The molecule has 0 heterocycles. The Hall–Kier alpha value is -4.11. The van der Waals surface area contributed by atoms with Crippen molar-refractivity contribution in [2.24, 2.45) is 5.92 Å². The Balaban J connectivity index is 1.88. The first kappa shape index (κ1) is 27.5. The van der Waals surface area contributed by atoms with Gasteiger partial charge in [-0.2, -0.15) is 0 Å². The van der Waals surface area contributed by atoms with Crippen LogP contribution in [-0.2, 0) is 20.9 Å². The highest BCUT2D eigenvalue weighted by Gasteiger charge is 2.33. The van der Waals surface area contributed by atoms with Gasteiger partial charge in [-0.15, -0.1) is 0 Å². The van der Waals surface area contributed by atoms with E-state index >= 15 is 0 Å². The molecule has 0 spiro atoms. The van der Waals surface area contributed by atoms with Crippen molar-refractivity contribution in [2.75, 3.05) is 7.11 Å². The highest BCUT2D eigenvalue weighted by Crippen LogP contribution is 2.35. The van der Waals surface area contributed by atoms with Crippen LogP contribution in [-0.4, -0.2) is 29.9 Å². The average Bonchev–Trinajstić information content (AvgIpc) is 2.92. The summed E-state index contributed by atoms with van der Waals surface area (Å²) < 4.78 is 11.0. The minimum absolute atomic E-state index is 0.0592. The van der Waals surface area contributed by atoms with Gasteiger partial charge in [0.2, 0.25) is 5.91 Å². The number of nitrogens with zero attached hydrogens (tertiary/aromatic N) is 2. The van der Waals surface area contributed by atoms with E-state index in [0.717, 1.165) is 35.3 Å². The SMILES string of the molecule is [C-]#[N+]c1ccc(Oc2ccccc2)cc1-c1ccc(CN(C(=O)CCCC)[C@H](C(=O)OC)C(C)C)cc1. The van der Waals surface area contributed by atoms with Crippen LogP contribution >= 0.6 is 0 Å². The Labute approximate surface area is 219 Å². The number of hydrogen-bond acceptors (Lipinski definition) is 4. The summed E-state index contributed by atoms with van der Waals surface area (Å²) in [7, 11) is 1.35. The van der Waals surface area contributed by atoms with Gasteiger partial charge in [-0.05, 0) is 53.3 Å². The lowest BCUT2D eigenvalue weighted by Gasteiger charge is -2.32. The second-order valence-corrected chi connectivity index (χ2v) is 9.24. The molecule has 6 heteroatoms. The van der Waals surface area contributed by atoms with E-state index in [1.807, 2.05) is 81.4 Å². The van der Waals surface area contributed by atoms with Crippen LogP contribution in [0.4, 0.5) is 5.69 Å². The fourth-order valence-corrected chi connectivity index (χ4v) is 4.21. The van der Waals surface area contributed by atoms with Crippen molar-refractivity contribution >= 4 is 17.6 Å². The third-order valence-corrected chi connectivity index (χ3v) is 6.16. The maximum Gasteiger partial charge on any atom is 0.328 e. The molecule has 0 bridgehead atoms. The van der Waals surface area contributed by atoms with E-state index < -0.39 is 12.0 Å². The van der Waals surface area contributed by atoms with Crippen molar-refractivity contribution in [3.05, 3.63) is 89.8 Å². The molecule has 3 aromatic carbocycles. The summed E-state index contributed by atoms with van der Waals surface area (Å²) in [6.45, 7) is 13.8. The monoisotopic (exact) mass is 498 g/mol. The van der Waals surface area contributed by atoms with Crippen molar-refractivity contribution < 1.29 is 19.1 Å². The molecule has 0 aliphatic carbocycles. The normalized spacial score (nSPS) is 11.5. The fourth-order valence-electron chi connectivity index (χ4n) is 4.21. The summed E-state index contributed by atoms with van der Waals surface area (Å²) >= 11 is 0. The molecule has 0 saturated carbocycles. The van der Waals surface area contributed by atoms with Crippen molar-refractivity contribution in [1.82, 2.24) is 4.90 Å². The molecule has 0 aromatic heterocycles. The maximum atomic E-state index is 13.1. The quantitative estimate of drug-likeness (QED) is 0.204. The van der Waals surface area contributed by atoms with Gasteiger partial charge in [0.1, 0.15) is 17.5 Å². The van der Waals surface area contributed by atoms with Crippen molar-refractivity contribution in [3.63, 3.8) is 0 Å². The maximum absolute atomic E-state index is 13.1. The summed E-state index contributed by atoms with van der Waals surface area (Å²) in [5.74, 6) is 0.802. The fraction of sp³-hybridized carbons (Fsp3) is 0.323. The number of unbranched alkanes of at least 4 members (excludes halogenated alkanes) is 1. The topological polar surface area (TPSA) is 60.2 Å². The molecular formula is C31H34N2O4. The van der Waals surface area contributed by atoms with Crippen LogP contribution in [0.15, 0.2) is 72.8 Å². The van der Waals surface area contributed by atoms with Gasteiger partial charge in [-0.25, -0.2) is 9.64 Å². The van der Waals surface area contributed by atoms with Gasteiger partial charge < -0.3 is 14.4 Å². The Bertz CT molecular complexity index is 1230. The molecule has 3 rings (SSSR count). The summed E-state index contributed by atoms with van der Waals surface area (Å²) in [5.41, 5.74) is 3.05. The first-order chi connectivity index (χ1) is 17.9. The van der Waals surface area contributed by atoms with Crippen molar-refractivity contribution in [2.45, 2.75) is 52.6 Å². The van der Waals surface area contributed by atoms with Gasteiger partial charge in [0.15, 0.2) is 5.69 Å². The zero-order valence-electron chi connectivity index (χ0n) is 21.9. The van der Waals surface area contributed by atoms with Gasteiger partial charge in [-0.1, -0.05) is 75.7 Å². The Morgan fingerprint density at radius 3 is 2.27 bits per heavy atom. The Morgan fingerprint density at radius 2 is 1.68 bits per heavy atom. The summed E-state index contributed by atoms with van der Waals surface area (Å²) in [6.07, 6.45) is 2.05. The lowest BCUT2D eigenvalue weighted by atomic mass is 9.99. The van der Waals surface area contributed by atoms with E-state index in [-0.39, 0.29) is 11.8 Å². The second-order valence-electron chi connectivity index (χ2n) is 9.24. The van der Waals surface area contributed by atoms with Gasteiger partial charge >= 0.3 is 5.97 Å². The molecule has 37 heavy (non-hydrogen) atoms. The van der Waals surface area contributed by atoms with Crippen LogP contribution in [0.5, 0.6) is 11.5 Å². The number of esters is 1. The number of methoxy groups -OCH3 is 1. The number of carbonyl (C=O) groups excluding carboxylic acids is 2. The summed E-state index contributed by atoms with van der Waals surface area (Å²) in [4.78, 5) is 31.0. The van der Waals surface area contributed by atoms with Crippen LogP contribution < -0.4 is 4.74 Å². The van der Waals surface area contributed by atoms with E-state index in [4.69, 9.17) is 16.0 Å². The van der Waals surface area contributed by atoms with Crippen molar-refractivity contribution in [1.29, 1.82) is 0 Å². The highest BCUT2D eigenvalue weighted by atomic mass is 16.5. The van der Waals surface area contributed by atoms with E-state index in [1.165, 1.54) is 7.11 Å². The van der Waals surface area contributed by atoms with Gasteiger partial charge in [0.05, 0.1) is 13.7 Å². The third-order valence-electron chi connectivity index (χ3n) is 6.16. The largest absolute Gasteiger partial charge is 0.467 e. The van der Waals surface area contributed by atoms with Gasteiger partial charge in [-0.3, -0.25) is 4.79 Å². The lowest BCUT2D eigenvalue weighted by molar-refractivity contribution is -0.155. The minimum Gasteiger partial charge on any atom is -0.467 e. The van der Waals surface area contributed by atoms with E-state index in [1.54, 1.807) is 17.0 Å². The molecule has 0 fully saturated rings. The lowest BCUT2D eigenvalue weighted by Crippen LogP contribution is -2.48. The number of amides is 1. The Morgan fingerprint density at radius 1 is 0.973 bits per heavy atom. The molecule has 0 radical (unpaired) electrons. The second kappa shape index (κ2) is 13.3. The minimum atomic E-state index is -0.658. The molecule has 0 aliphatic rings. The standard InChI is InChI=1S/C31H34N2O4/c1-6-7-13-29(34)33(30(22(2)3)31(35)36-5)21-23-14-16-24(17-15-23)27-20-26(18-19-28(27)32-4)37-25-11-9-8-10-12-25/h8-12,14-20,22,30H,6-7,13,21H2,1-3,5H3/t30-/m0/s1. The van der Waals surface area contributed by atoms with Crippen LogP contribution in [0.2, 0.25) is 0 Å². The average molecular weight is 499 g/mol. The van der Waals surface area contributed by atoms with E-state index in [9.17, 15) is 9.59 Å². The number of hydrogen-bond donors (Lipinski definition) is 0. The zero-order chi connectivity index (χ0) is 26.8. The third kappa shape index (κ3) is 7.20. The number of para-hydroxylation sites is 1. The first-order valence-corrected chi connectivity index (χ1v) is 12.6. The molecular weight excluding hydrogens is 464 g/mol. The molecule has 3 aromatic rings. The van der Waals surface area contributed by atoms with E-state index in [0.29, 0.717) is 24.4 Å². The number of benzene rings is 3. The number of rotatable bonds is 11. The predicted octanol–water partition coefficient (Wildman–Crippen LogP) is 7.41. The summed E-state index contributed by atoms with van der Waals surface area (Å²) in [5, 5.41) is 0. The zero-order valence-corrected chi connectivity index (χ0v) is 21.9. The molecule has 0 N–H and O–H groups in total. The van der Waals surface area contributed by atoms with Gasteiger partial charge in [0, 0.05) is 13.0 Å². The first-order valence-electron chi connectivity index (χ1n) is 12.6. The van der Waals surface area contributed by atoms with Crippen molar-refractivity contribution in [3.8, 4) is 22.6 Å². The molecule has 0 saturated heterocycles. The molecule has 6 nitrogen and oxygen atoms in total. The number of carbonyl (C=O) groups is 2. The number of ether oxygens (including phenoxy) is 2. The molecule has 192 valence electrons. The highest BCUT2D eigenvalue weighted by molar-refractivity contribution is 5.85. The van der Waals surface area contributed by atoms with Gasteiger partial charge in [0.25, 0.3) is 0 Å². The van der Waals surface area contributed by atoms with Crippen LogP contribution in [0.1, 0.15) is 45.6 Å². The van der Waals surface area contributed by atoms with Crippen LogP contribution in [0.25, 0.3) is 16.0 Å². The molecule has 0 unspecified atom stereocenters. The summed E-state index contributed by atoms with van der Waals surface area (Å²) in [6, 6.07) is 22.0. The van der Waals surface area contributed by atoms with Crippen LogP contribution in [0, 0.1) is 12.5 Å².